The van der Waals surface area contributed by atoms with Gasteiger partial charge in [-0.3, -0.25) is 0 Å². The summed E-state index contributed by atoms with van der Waals surface area (Å²) < 4.78 is 0. The maximum absolute atomic E-state index is 4.06. The zero-order valence-electron chi connectivity index (χ0n) is 19.4. The fourth-order valence-electron chi connectivity index (χ4n) is 4.31. The first kappa shape index (κ1) is 26.0. The van der Waals surface area contributed by atoms with Crippen LogP contribution in [0.25, 0.3) is 0 Å². The van der Waals surface area contributed by atoms with Crippen molar-refractivity contribution in [3.63, 3.8) is 0 Å². The van der Waals surface area contributed by atoms with Crippen molar-refractivity contribution in [3.05, 3.63) is 0 Å². The Hall–Kier alpha value is -0.0400. The van der Waals surface area contributed by atoms with E-state index in [0.29, 0.717) is 0 Å². The van der Waals surface area contributed by atoms with Crippen molar-refractivity contribution in [1.82, 2.24) is 5.32 Å². The molecule has 158 valence electrons. The van der Waals surface area contributed by atoms with Gasteiger partial charge in [0.15, 0.2) is 0 Å². The van der Waals surface area contributed by atoms with Crippen LogP contribution < -0.4 is 5.32 Å². The second kappa shape index (κ2) is 18.3. The van der Waals surface area contributed by atoms with E-state index < -0.39 is 0 Å². The molecule has 3 atom stereocenters. The zero-order chi connectivity index (χ0) is 19.6. The fraction of sp³-hybridized carbons (Fsp3) is 1.00. The van der Waals surface area contributed by atoms with Gasteiger partial charge in [-0.05, 0) is 43.6 Å². The van der Waals surface area contributed by atoms with Crippen LogP contribution >= 0.6 is 0 Å². The van der Waals surface area contributed by atoms with Crippen LogP contribution in [0.5, 0.6) is 0 Å². The van der Waals surface area contributed by atoms with Crippen molar-refractivity contribution >= 4 is 0 Å². The number of hydrogen-bond donors (Lipinski definition) is 1. The highest BCUT2D eigenvalue weighted by atomic mass is 14.9. The van der Waals surface area contributed by atoms with Crippen LogP contribution in [-0.2, 0) is 0 Å². The Morgan fingerprint density at radius 2 is 0.923 bits per heavy atom. The Morgan fingerprint density at radius 3 is 1.27 bits per heavy atom. The molecule has 1 nitrogen and oxygen atoms in total. The van der Waals surface area contributed by atoms with Crippen molar-refractivity contribution in [2.75, 3.05) is 6.54 Å². The van der Waals surface area contributed by atoms with E-state index in [1.54, 1.807) is 0 Å². The molecule has 0 bridgehead atoms. The summed E-state index contributed by atoms with van der Waals surface area (Å²) in [5.74, 6) is 2.72. The lowest BCUT2D eigenvalue weighted by atomic mass is 9.85. The van der Waals surface area contributed by atoms with Crippen LogP contribution in [0.15, 0.2) is 0 Å². The second-order valence-electron chi connectivity index (χ2n) is 8.83. The van der Waals surface area contributed by atoms with E-state index in [4.69, 9.17) is 0 Å². The molecule has 0 saturated carbocycles. The van der Waals surface area contributed by atoms with Gasteiger partial charge in [0.05, 0.1) is 0 Å². The minimum atomic E-state index is 0.745. The third-order valence-corrected chi connectivity index (χ3v) is 6.56. The summed E-state index contributed by atoms with van der Waals surface area (Å²) in [4.78, 5) is 0. The molecule has 26 heavy (non-hydrogen) atoms. The molecule has 0 aromatic carbocycles. The normalized spacial score (nSPS) is 16.4. The quantitative estimate of drug-likeness (QED) is 0.242. The number of unbranched alkanes of at least 4 members (excludes halogenated alkanes) is 3. The summed E-state index contributed by atoms with van der Waals surface area (Å²) in [5, 5.41) is 4.06. The average molecular weight is 368 g/mol. The molecule has 0 aromatic rings. The molecule has 0 saturated heterocycles. The lowest BCUT2D eigenvalue weighted by Crippen LogP contribution is -2.36. The first-order valence-corrected chi connectivity index (χ1v) is 12.4. The van der Waals surface area contributed by atoms with E-state index in [9.17, 15) is 0 Å². The monoisotopic (exact) mass is 367 g/mol. The number of nitrogens with one attached hydrogen (secondary N) is 1. The largest absolute Gasteiger partial charge is 0.314 e. The molecule has 3 unspecified atom stereocenters. The van der Waals surface area contributed by atoms with Crippen LogP contribution in [0.1, 0.15) is 131 Å². The highest BCUT2D eigenvalue weighted by Gasteiger charge is 2.20. The molecule has 0 radical (unpaired) electrons. The highest BCUT2D eigenvalue weighted by Crippen LogP contribution is 2.25. The Balaban J connectivity index is 4.72. The van der Waals surface area contributed by atoms with E-state index in [0.717, 1.165) is 23.8 Å². The van der Waals surface area contributed by atoms with E-state index in [1.807, 2.05) is 0 Å². The van der Waals surface area contributed by atoms with Gasteiger partial charge in [-0.25, -0.2) is 0 Å². The van der Waals surface area contributed by atoms with Crippen LogP contribution in [0.2, 0.25) is 0 Å². The average Bonchev–Trinajstić information content (AvgIpc) is 2.67. The van der Waals surface area contributed by atoms with E-state index in [-0.39, 0.29) is 0 Å². The summed E-state index contributed by atoms with van der Waals surface area (Å²) in [6.45, 7) is 15.4. The first-order chi connectivity index (χ1) is 12.6. The van der Waals surface area contributed by atoms with Gasteiger partial charge in [-0.2, -0.15) is 0 Å². The lowest BCUT2D eigenvalue weighted by Gasteiger charge is -2.29. The van der Waals surface area contributed by atoms with Crippen LogP contribution in [0, 0.1) is 17.8 Å². The standard InChI is InChI=1S/C25H53N/c1-7-13-16-22(10-4)19-25(20-23(11-5)17-14-8-2)26-21-24(12-6)18-15-9-3/h22-26H,7-21H2,1-6H3. The summed E-state index contributed by atoms with van der Waals surface area (Å²) in [7, 11) is 0. The van der Waals surface area contributed by atoms with Crippen molar-refractivity contribution in [2.24, 2.45) is 17.8 Å². The summed E-state index contributed by atoms with van der Waals surface area (Å²) in [6, 6.07) is 0.745. The van der Waals surface area contributed by atoms with Gasteiger partial charge in [0.1, 0.15) is 0 Å². The molecule has 0 heterocycles. The molecule has 0 amide bonds. The lowest BCUT2D eigenvalue weighted by molar-refractivity contribution is 0.273. The third kappa shape index (κ3) is 13.2. The van der Waals surface area contributed by atoms with Gasteiger partial charge in [-0.1, -0.05) is 112 Å². The van der Waals surface area contributed by atoms with Gasteiger partial charge in [0.25, 0.3) is 0 Å². The van der Waals surface area contributed by atoms with Crippen LogP contribution in [0.4, 0.5) is 0 Å². The third-order valence-electron chi connectivity index (χ3n) is 6.56. The topological polar surface area (TPSA) is 12.0 Å². The summed E-state index contributed by atoms with van der Waals surface area (Å²) in [6.07, 6.45) is 19.4. The fourth-order valence-corrected chi connectivity index (χ4v) is 4.31. The molecule has 0 rings (SSSR count). The smallest absolute Gasteiger partial charge is 0.00724 e. The van der Waals surface area contributed by atoms with E-state index in [1.165, 1.54) is 96.4 Å². The predicted octanol–water partition coefficient (Wildman–Crippen LogP) is 8.37. The van der Waals surface area contributed by atoms with E-state index >= 15 is 0 Å². The Kier molecular flexibility index (Phi) is 18.3. The molecule has 0 aliphatic carbocycles. The molecule has 0 aliphatic rings. The van der Waals surface area contributed by atoms with Gasteiger partial charge in [-0.15, -0.1) is 0 Å². The Bertz CT molecular complexity index is 257. The highest BCUT2D eigenvalue weighted by molar-refractivity contribution is 4.77. The van der Waals surface area contributed by atoms with Crippen LogP contribution in [0.3, 0.4) is 0 Å². The van der Waals surface area contributed by atoms with Crippen molar-refractivity contribution in [3.8, 4) is 0 Å². The number of rotatable bonds is 19. The zero-order valence-corrected chi connectivity index (χ0v) is 19.4. The predicted molar refractivity (Wildman–Crippen MR) is 121 cm³/mol. The first-order valence-electron chi connectivity index (χ1n) is 12.4. The number of hydrogen-bond acceptors (Lipinski definition) is 1. The van der Waals surface area contributed by atoms with Gasteiger partial charge < -0.3 is 5.32 Å². The SMILES string of the molecule is CCCCC(CC)CNC(CC(CC)CCCC)CC(CC)CCCC. The van der Waals surface area contributed by atoms with Crippen molar-refractivity contribution in [2.45, 2.75) is 137 Å². The molecular weight excluding hydrogens is 314 g/mol. The minimum Gasteiger partial charge on any atom is -0.314 e. The van der Waals surface area contributed by atoms with Crippen molar-refractivity contribution < 1.29 is 0 Å². The molecular formula is C25H53N. The van der Waals surface area contributed by atoms with Crippen molar-refractivity contribution in [1.29, 1.82) is 0 Å². The minimum absolute atomic E-state index is 0.745. The molecule has 0 aliphatic heterocycles. The van der Waals surface area contributed by atoms with Crippen LogP contribution in [-0.4, -0.2) is 12.6 Å². The maximum Gasteiger partial charge on any atom is 0.00724 e. The van der Waals surface area contributed by atoms with Gasteiger partial charge >= 0.3 is 0 Å². The molecule has 0 fully saturated rings. The maximum atomic E-state index is 4.06. The Morgan fingerprint density at radius 1 is 0.538 bits per heavy atom. The van der Waals surface area contributed by atoms with E-state index in [2.05, 4.69) is 46.9 Å². The van der Waals surface area contributed by atoms with Gasteiger partial charge in [0, 0.05) is 6.04 Å². The molecule has 0 aromatic heterocycles. The summed E-state index contributed by atoms with van der Waals surface area (Å²) in [5.41, 5.74) is 0. The second-order valence-corrected chi connectivity index (χ2v) is 8.83. The molecule has 1 N–H and O–H groups in total. The molecule has 1 heteroatoms. The summed E-state index contributed by atoms with van der Waals surface area (Å²) >= 11 is 0. The molecule has 0 spiro atoms. The Labute approximate surface area is 167 Å². The van der Waals surface area contributed by atoms with Gasteiger partial charge in [0.2, 0.25) is 0 Å².